The fourth-order valence-electron chi connectivity index (χ4n) is 3.95. The molecule has 0 radical (unpaired) electrons. The Morgan fingerprint density at radius 3 is 1.80 bits per heavy atom. The van der Waals surface area contributed by atoms with Crippen LogP contribution in [-0.2, 0) is 12.8 Å². The Hall–Kier alpha value is -0.780. The zero-order valence-corrected chi connectivity index (χ0v) is 17.9. The van der Waals surface area contributed by atoms with E-state index in [1.54, 1.807) is 11.1 Å². The predicted octanol–water partition coefficient (Wildman–Crippen LogP) is 7.97. The minimum absolute atomic E-state index is 0.491. The van der Waals surface area contributed by atoms with Crippen molar-refractivity contribution in [3.8, 4) is 0 Å². The molecule has 1 fully saturated rings. The first-order valence-electron chi connectivity index (χ1n) is 10.8. The largest absolute Gasteiger partial charge is 0.0602 e. The van der Waals surface area contributed by atoms with Gasteiger partial charge in [0.25, 0.3) is 0 Å². The van der Waals surface area contributed by atoms with Crippen molar-refractivity contribution in [1.29, 1.82) is 0 Å². The van der Waals surface area contributed by atoms with Gasteiger partial charge in [-0.1, -0.05) is 59.1 Å². The average molecular weight is 343 g/mol. The Bertz CT molecular complexity index is 540. The maximum atomic E-state index is 2.48. The van der Waals surface area contributed by atoms with Crippen molar-refractivity contribution < 1.29 is 0 Å². The number of unbranched alkanes of at least 4 members (excludes halogenated alkanes) is 3. The molecule has 25 heavy (non-hydrogen) atoms. The third-order valence-electron chi connectivity index (χ3n) is 6.25. The van der Waals surface area contributed by atoms with Gasteiger partial charge in [-0.15, -0.1) is 0 Å². The van der Waals surface area contributed by atoms with E-state index < -0.39 is 0 Å². The number of rotatable bonds is 10. The molecule has 1 aromatic carbocycles. The maximum absolute atomic E-state index is 2.48. The lowest BCUT2D eigenvalue weighted by atomic mass is 9.88. The molecule has 1 saturated carbocycles. The van der Waals surface area contributed by atoms with Gasteiger partial charge in [0.2, 0.25) is 0 Å². The van der Waals surface area contributed by atoms with E-state index in [0.717, 1.165) is 5.41 Å². The third-order valence-corrected chi connectivity index (χ3v) is 6.25. The first-order valence-corrected chi connectivity index (χ1v) is 10.8. The van der Waals surface area contributed by atoms with Crippen molar-refractivity contribution in [2.75, 3.05) is 0 Å². The quantitative estimate of drug-likeness (QED) is 0.378. The van der Waals surface area contributed by atoms with Crippen LogP contribution in [-0.4, -0.2) is 0 Å². The molecule has 0 saturated heterocycles. The molecular formula is C25H42. The van der Waals surface area contributed by atoms with Gasteiger partial charge in [-0.2, -0.15) is 0 Å². The molecule has 1 aromatic rings. The zero-order chi connectivity index (χ0) is 18.5. The van der Waals surface area contributed by atoms with Crippen LogP contribution in [0.1, 0.15) is 108 Å². The average Bonchev–Trinajstić information content (AvgIpc) is 3.24. The van der Waals surface area contributed by atoms with Crippen LogP contribution >= 0.6 is 0 Å². The molecule has 0 aromatic heterocycles. The Labute approximate surface area is 157 Å². The van der Waals surface area contributed by atoms with Crippen LogP contribution in [0.4, 0.5) is 0 Å². The maximum Gasteiger partial charge on any atom is -0.0276 e. The molecule has 0 heterocycles. The standard InChI is InChI=1S/C25H42/c1-20-19-23(13-9-11-15-25(6)16-17-25)21(2)18-22(20)12-8-7-10-14-24(3,4)5/h18-19H,7-17H2,1-6H3. The zero-order valence-electron chi connectivity index (χ0n) is 17.9. The van der Waals surface area contributed by atoms with Crippen molar-refractivity contribution in [2.45, 2.75) is 112 Å². The summed E-state index contributed by atoms with van der Waals surface area (Å²) in [5, 5.41) is 0. The summed E-state index contributed by atoms with van der Waals surface area (Å²) in [5.41, 5.74) is 7.43. The highest BCUT2D eigenvalue weighted by atomic mass is 14.4. The van der Waals surface area contributed by atoms with Gasteiger partial charge in [0.05, 0.1) is 0 Å². The summed E-state index contributed by atoms with van der Waals surface area (Å²) >= 11 is 0. The van der Waals surface area contributed by atoms with Crippen LogP contribution in [0.5, 0.6) is 0 Å². The lowest BCUT2D eigenvalue weighted by molar-refractivity contribution is 0.358. The SMILES string of the molecule is Cc1cc(CCCCC2(C)CC2)c(C)cc1CCCCCC(C)(C)C. The van der Waals surface area contributed by atoms with Gasteiger partial charge in [0, 0.05) is 0 Å². The van der Waals surface area contributed by atoms with Crippen LogP contribution in [0.2, 0.25) is 0 Å². The summed E-state index contributed by atoms with van der Waals surface area (Å²) in [6.45, 7) is 14.1. The molecule has 0 atom stereocenters. The van der Waals surface area contributed by atoms with Crippen LogP contribution in [0, 0.1) is 24.7 Å². The first kappa shape index (κ1) is 20.5. The molecule has 0 nitrogen and oxygen atoms in total. The normalized spacial score (nSPS) is 16.2. The van der Waals surface area contributed by atoms with Gasteiger partial charge in [-0.25, -0.2) is 0 Å². The van der Waals surface area contributed by atoms with E-state index in [1.165, 1.54) is 81.8 Å². The fourth-order valence-corrected chi connectivity index (χ4v) is 3.95. The first-order chi connectivity index (χ1) is 11.7. The molecule has 1 aliphatic carbocycles. The molecule has 2 rings (SSSR count). The van der Waals surface area contributed by atoms with Crippen LogP contribution < -0.4 is 0 Å². The highest BCUT2D eigenvalue weighted by Crippen LogP contribution is 2.49. The summed E-state index contributed by atoms with van der Waals surface area (Å²) in [7, 11) is 0. The Balaban J connectivity index is 1.74. The van der Waals surface area contributed by atoms with Crippen LogP contribution in [0.3, 0.4) is 0 Å². The van der Waals surface area contributed by atoms with Crippen LogP contribution in [0.25, 0.3) is 0 Å². The molecule has 0 spiro atoms. The predicted molar refractivity (Wildman–Crippen MR) is 112 cm³/mol. The van der Waals surface area contributed by atoms with Crippen molar-refractivity contribution in [1.82, 2.24) is 0 Å². The van der Waals surface area contributed by atoms with Crippen molar-refractivity contribution in [3.05, 3.63) is 34.4 Å². The summed E-state index contributed by atoms with van der Waals surface area (Å²) < 4.78 is 0. The fraction of sp³-hybridized carbons (Fsp3) is 0.760. The van der Waals surface area contributed by atoms with E-state index in [9.17, 15) is 0 Å². The molecule has 0 aliphatic heterocycles. The van der Waals surface area contributed by atoms with E-state index in [-0.39, 0.29) is 0 Å². The number of hydrogen-bond acceptors (Lipinski definition) is 0. The highest BCUT2D eigenvalue weighted by molar-refractivity contribution is 5.37. The lowest BCUT2D eigenvalue weighted by Crippen LogP contribution is -2.04. The molecule has 0 amide bonds. The van der Waals surface area contributed by atoms with E-state index in [4.69, 9.17) is 0 Å². The van der Waals surface area contributed by atoms with E-state index >= 15 is 0 Å². The second-order valence-corrected chi connectivity index (χ2v) is 10.3. The number of hydrogen-bond donors (Lipinski definition) is 0. The van der Waals surface area contributed by atoms with E-state index in [1.807, 2.05) is 0 Å². The molecule has 0 N–H and O–H groups in total. The van der Waals surface area contributed by atoms with Crippen molar-refractivity contribution >= 4 is 0 Å². The van der Waals surface area contributed by atoms with Gasteiger partial charge in [-0.3, -0.25) is 0 Å². The molecule has 1 aliphatic rings. The molecule has 0 heteroatoms. The van der Waals surface area contributed by atoms with Crippen molar-refractivity contribution in [3.63, 3.8) is 0 Å². The molecule has 0 bridgehead atoms. The summed E-state index contributed by atoms with van der Waals surface area (Å²) in [5.74, 6) is 0. The molecular weight excluding hydrogens is 300 g/mol. The smallest absolute Gasteiger partial charge is 0.0276 e. The second-order valence-electron chi connectivity index (χ2n) is 10.3. The van der Waals surface area contributed by atoms with E-state index in [2.05, 4.69) is 53.7 Å². The monoisotopic (exact) mass is 342 g/mol. The molecule has 0 unspecified atom stereocenters. The Morgan fingerprint density at radius 1 is 0.800 bits per heavy atom. The van der Waals surface area contributed by atoms with Gasteiger partial charge in [-0.05, 0) is 98.3 Å². The van der Waals surface area contributed by atoms with Gasteiger partial charge in [0.15, 0.2) is 0 Å². The Morgan fingerprint density at radius 2 is 1.32 bits per heavy atom. The van der Waals surface area contributed by atoms with E-state index in [0.29, 0.717) is 5.41 Å². The topological polar surface area (TPSA) is 0 Å². The number of benzene rings is 1. The minimum atomic E-state index is 0.491. The third kappa shape index (κ3) is 7.55. The summed E-state index contributed by atoms with van der Waals surface area (Å²) in [6, 6.07) is 4.97. The van der Waals surface area contributed by atoms with Crippen LogP contribution in [0.15, 0.2) is 12.1 Å². The number of aryl methyl sites for hydroxylation is 4. The highest BCUT2D eigenvalue weighted by Gasteiger charge is 2.35. The van der Waals surface area contributed by atoms with Gasteiger partial charge in [0.1, 0.15) is 0 Å². The lowest BCUT2D eigenvalue weighted by Gasteiger charge is -2.17. The molecule has 142 valence electrons. The second kappa shape index (κ2) is 8.74. The van der Waals surface area contributed by atoms with Crippen molar-refractivity contribution in [2.24, 2.45) is 10.8 Å². The van der Waals surface area contributed by atoms with Gasteiger partial charge < -0.3 is 0 Å². The summed E-state index contributed by atoms with van der Waals surface area (Å²) in [6.07, 6.45) is 15.1. The van der Waals surface area contributed by atoms with Gasteiger partial charge >= 0.3 is 0 Å². The Kier molecular flexibility index (Phi) is 7.18. The minimum Gasteiger partial charge on any atom is -0.0602 e. The summed E-state index contributed by atoms with van der Waals surface area (Å²) in [4.78, 5) is 0.